The third kappa shape index (κ3) is 3.55. The van der Waals surface area contributed by atoms with E-state index in [2.05, 4.69) is 20.4 Å². The first kappa shape index (κ1) is 16.1. The van der Waals surface area contributed by atoms with Gasteiger partial charge in [0.15, 0.2) is 5.69 Å². The van der Waals surface area contributed by atoms with E-state index in [1.165, 1.54) is 11.8 Å². The van der Waals surface area contributed by atoms with Gasteiger partial charge in [-0.15, -0.1) is 5.10 Å². The van der Waals surface area contributed by atoms with Crippen LogP contribution >= 0.6 is 0 Å². The van der Waals surface area contributed by atoms with Crippen molar-refractivity contribution in [3.05, 3.63) is 11.4 Å². The molecule has 1 N–H and O–H groups in total. The molecule has 1 aromatic heterocycles. The summed E-state index contributed by atoms with van der Waals surface area (Å²) in [7, 11) is 1.30. The van der Waals surface area contributed by atoms with Gasteiger partial charge < -0.3 is 10.1 Å². The van der Waals surface area contributed by atoms with Crippen molar-refractivity contribution < 1.29 is 14.3 Å². The Balaban J connectivity index is 3.08. The van der Waals surface area contributed by atoms with Gasteiger partial charge in [0.25, 0.3) is 0 Å². The Labute approximate surface area is 118 Å². The molecule has 0 fully saturated rings. The lowest BCUT2D eigenvalue weighted by Gasteiger charge is -2.16. The SMILES string of the molecule is CCCc1c(C(=O)OC)nnn1C(C)C(=O)NC(C)C. The molecule has 0 bridgehead atoms. The molecule has 1 atom stereocenters. The number of hydrogen-bond donors (Lipinski definition) is 1. The maximum atomic E-state index is 12.0. The number of hydrogen-bond acceptors (Lipinski definition) is 5. The standard InChI is InChI=1S/C13H22N4O3/c1-6-7-10-11(13(19)20-5)15-16-17(10)9(4)12(18)14-8(2)3/h8-9H,6-7H2,1-5H3,(H,14,18). The molecule has 1 rings (SSSR count). The zero-order valence-electron chi connectivity index (χ0n) is 12.6. The van der Waals surface area contributed by atoms with Gasteiger partial charge in [-0.1, -0.05) is 18.6 Å². The summed E-state index contributed by atoms with van der Waals surface area (Å²) in [6, 6.07) is -0.479. The van der Waals surface area contributed by atoms with E-state index in [1.807, 2.05) is 20.8 Å². The number of esters is 1. The summed E-state index contributed by atoms with van der Waals surface area (Å²) >= 11 is 0. The predicted molar refractivity (Wildman–Crippen MR) is 73.3 cm³/mol. The van der Waals surface area contributed by atoms with Gasteiger partial charge in [-0.2, -0.15) is 0 Å². The number of aromatic nitrogens is 3. The molecule has 0 spiro atoms. The molecule has 0 saturated heterocycles. The fourth-order valence-corrected chi connectivity index (χ4v) is 1.87. The van der Waals surface area contributed by atoms with Crippen molar-refractivity contribution in [2.45, 2.75) is 52.6 Å². The van der Waals surface area contributed by atoms with Crippen molar-refractivity contribution in [2.24, 2.45) is 0 Å². The maximum absolute atomic E-state index is 12.0. The van der Waals surface area contributed by atoms with Crippen molar-refractivity contribution in [3.63, 3.8) is 0 Å². The van der Waals surface area contributed by atoms with E-state index in [4.69, 9.17) is 0 Å². The molecule has 0 aliphatic carbocycles. The number of nitrogens with zero attached hydrogens (tertiary/aromatic N) is 3. The summed E-state index contributed by atoms with van der Waals surface area (Å²) in [5, 5.41) is 10.6. The van der Waals surface area contributed by atoms with E-state index in [9.17, 15) is 9.59 Å². The average Bonchev–Trinajstić information content (AvgIpc) is 2.80. The molecule has 7 nitrogen and oxygen atoms in total. The Kier molecular flexibility index (Phi) is 5.66. The molecular weight excluding hydrogens is 260 g/mol. The monoisotopic (exact) mass is 282 g/mol. The van der Waals surface area contributed by atoms with Crippen molar-refractivity contribution >= 4 is 11.9 Å². The Hall–Kier alpha value is -1.92. The van der Waals surface area contributed by atoms with Crippen LogP contribution in [-0.4, -0.2) is 40.0 Å². The molecule has 0 radical (unpaired) electrons. The van der Waals surface area contributed by atoms with Gasteiger partial charge >= 0.3 is 5.97 Å². The number of ether oxygens (including phenoxy) is 1. The lowest BCUT2D eigenvalue weighted by Crippen LogP contribution is -2.36. The van der Waals surface area contributed by atoms with E-state index < -0.39 is 12.0 Å². The summed E-state index contributed by atoms with van der Waals surface area (Å²) in [4.78, 5) is 23.7. The first-order valence-corrected chi connectivity index (χ1v) is 6.75. The third-order valence-electron chi connectivity index (χ3n) is 2.83. The van der Waals surface area contributed by atoms with Crippen LogP contribution in [0.3, 0.4) is 0 Å². The number of carbonyl (C=O) groups excluding carboxylic acids is 2. The molecular formula is C13H22N4O3. The highest BCUT2D eigenvalue weighted by atomic mass is 16.5. The molecule has 1 aromatic rings. The van der Waals surface area contributed by atoms with Crippen LogP contribution < -0.4 is 5.32 Å². The quantitative estimate of drug-likeness (QED) is 0.790. The van der Waals surface area contributed by atoms with Crippen molar-refractivity contribution in [3.8, 4) is 0 Å². The molecule has 0 aromatic carbocycles. The van der Waals surface area contributed by atoms with Crippen LogP contribution in [0.1, 0.15) is 56.3 Å². The topological polar surface area (TPSA) is 86.1 Å². The zero-order valence-corrected chi connectivity index (χ0v) is 12.6. The van der Waals surface area contributed by atoms with Gasteiger partial charge in [-0.25, -0.2) is 9.48 Å². The molecule has 0 aliphatic heterocycles. The highest BCUT2D eigenvalue weighted by molar-refractivity contribution is 5.88. The van der Waals surface area contributed by atoms with Gasteiger partial charge in [0.2, 0.25) is 5.91 Å². The lowest BCUT2D eigenvalue weighted by atomic mass is 10.2. The van der Waals surface area contributed by atoms with E-state index in [-0.39, 0.29) is 17.6 Å². The Morgan fingerprint density at radius 3 is 2.50 bits per heavy atom. The van der Waals surface area contributed by atoms with E-state index in [1.54, 1.807) is 6.92 Å². The Morgan fingerprint density at radius 1 is 1.35 bits per heavy atom. The molecule has 7 heteroatoms. The number of carbonyl (C=O) groups is 2. The van der Waals surface area contributed by atoms with Crippen molar-refractivity contribution in [1.82, 2.24) is 20.3 Å². The second-order valence-electron chi connectivity index (χ2n) is 4.91. The summed E-state index contributed by atoms with van der Waals surface area (Å²) in [5.41, 5.74) is 0.810. The van der Waals surface area contributed by atoms with Crippen molar-refractivity contribution in [2.75, 3.05) is 7.11 Å². The van der Waals surface area contributed by atoms with Crippen molar-refractivity contribution in [1.29, 1.82) is 0 Å². The second-order valence-corrected chi connectivity index (χ2v) is 4.91. The largest absolute Gasteiger partial charge is 0.464 e. The van der Waals surface area contributed by atoms with Crippen LogP contribution in [-0.2, 0) is 16.0 Å². The third-order valence-corrected chi connectivity index (χ3v) is 2.83. The maximum Gasteiger partial charge on any atom is 0.360 e. The predicted octanol–water partition coefficient (Wildman–Crippen LogP) is 1.10. The molecule has 1 unspecified atom stereocenters. The van der Waals surface area contributed by atoms with Crippen LogP contribution in [0.25, 0.3) is 0 Å². The van der Waals surface area contributed by atoms with Gasteiger partial charge in [-0.3, -0.25) is 4.79 Å². The summed E-state index contributed by atoms with van der Waals surface area (Å²) in [6.45, 7) is 7.49. The molecule has 0 saturated carbocycles. The van der Waals surface area contributed by atoms with Crippen LogP contribution in [0, 0.1) is 0 Å². The summed E-state index contributed by atoms with van der Waals surface area (Å²) < 4.78 is 6.18. The van der Waals surface area contributed by atoms with E-state index >= 15 is 0 Å². The van der Waals surface area contributed by atoms with E-state index in [0.717, 1.165) is 6.42 Å². The van der Waals surface area contributed by atoms with Crippen LogP contribution in [0.15, 0.2) is 0 Å². The normalized spacial score (nSPS) is 12.3. The summed E-state index contributed by atoms with van der Waals surface area (Å²) in [5.74, 6) is -0.685. The lowest BCUT2D eigenvalue weighted by molar-refractivity contribution is -0.124. The highest BCUT2D eigenvalue weighted by Crippen LogP contribution is 2.15. The van der Waals surface area contributed by atoms with Gasteiger partial charge in [0.1, 0.15) is 6.04 Å². The fourth-order valence-electron chi connectivity index (χ4n) is 1.87. The molecule has 1 heterocycles. The van der Waals surface area contributed by atoms with Gasteiger partial charge in [0, 0.05) is 6.04 Å². The van der Waals surface area contributed by atoms with Crippen LogP contribution in [0.4, 0.5) is 0 Å². The Bertz CT molecular complexity index is 482. The smallest absolute Gasteiger partial charge is 0.360 e. The Morgan fingerprint density at radius 2 is 2.00 bits per heavy atom. The van der Waals surface area contributed by atoms with Crippen LogP contribution in [0.5, 0.6) is 0 Å². The minimum Gasteiger partial charge on any atom is -0.464 e. The first-order valence-electron chi connectivity index (χ1n) is 6.75. The van der Waals surface area contributed by atoms with Crippen LogP contribution in [0.2, 0.25) is 0 Å². The first-order chi connectivity index (χ1) is 9.42. The minimum atomic E-state index is -0.531. The van der Waals surface area contributed by atoms with E-state index in [0.29, 0.717) is 12.1 Å². The fraction of sp³-hybridized carbons (Fsp3) is 0.692. The molecule has 20 heavy (non-hydrogen) atoms. The number of amides is 1. The van der Waals surface area contributed by atoms with Gasteiger partial charge in [0.05, 0.1) is 12.8 Å². The number of nitrogens with one attached hydrogen (secondary N) is 1. The highest BCUT2D eigenvalue weighted by Gasteiger charge is 2.25. The number of rotatable bonds is 6. The second kappa shape index (κ2) is 7.02. The minimum absolute atomic E-state index is 0.0446. The average molecular weight is 282 g/mol. The summed E-state index contributed by atoms with van der Waals surface area (Å²) in [6.07, 6.45) is 1.42. The number of methoxy groups -OCH3 is 1. The zero-order chi connectivity index (χ0) is 15.3. The molecule has 112 valence electrons. The van der Waals surface area contributed by atoms with Gasteiger partial charge in [-0.05, 0) is 27.2 Å². The molecule has 0 aliphatic rings. The molecule has 1 amide bonds.